The van der Waals surface area contributed by atoms with E-state index in [1.54, 1.807) is 18.2 Å². The van der Waals surface area contributed by atoms with E-state index >= 15 is 0 Å². The molecule has 28 heavy (non-hydrogen) atoms. The lowest BCUT2D eigenvalue weighted by atomic mass is 10.2. The van der Waals surface area contributed by atoms with Crippen LogP contribution >= 0.6 is 0 Å². The summed E-state index contributed by atoms with van der Waals surface area (Å²) in [5.74, 6) is -1.11. The lowest BCUT2D eigenvalue weighted by Crippen LogP contribution is -2.37. The molecule has 2 aromatic carbocycles. The standard InChI is InChI=1S/C20H17FN2O5/c21-14-3-5-15(6-4-14)23(10-9-18(22)24)19(25)12-27-16-7-1-13-2-8-20(26)28-17(13)11-16/h1-8,11H,9-10,12H2,(H2,22,24). The van der Waals surface area contributed by atoms with Crippen LogP contribution in [0.3, 0.4) is 0 Å². The number of hydrogen-bond donors (Lipinski definition) is 1. The van der Waals surface area contributed by atoms with Crippen LogP contribution < -0.4 is 21.0 Å². The predicted octanol–water partition coefficient (Wildman–Crippen LogP) is 2.22. The van der Waals surface area contributed by atoms with Gasteiger partial charge in [-0.2, -0.15) is 0 Å². The van der Waals surface area contributed by atoms with Gasteiger partial charge in [-0.15, -0.1) is 0 Å². The van der Waals surface area contributed by atoms with Crippen LogP contribution in [0.15, 0.2) is 63.8 Å². The summed E-state index contributed by atoms with van der Waals surface area (Å²) in [4.78, 5) is 36.3. The zero-order valence-corrected chi connectivity index (χ0v) is 14.8. The van der Waals surface area contributed by atoms with Crippen molar-refractivity contribution >= 4 is 28.5 Å². The number of carbonyl (C=O) groups is 2. The molecule has 0 bridgehead atoms. The Labute approximate surface area is 159 Å². The minimum atomic E-state index is -0.564. The molecule has 1 heterocycles. The van der Waals surface area contributed by atoms with E-state index in [1.807, 2.05) is 0 Å². The molecule has 0 saturated heterocycles. The zero-order valence-electron chi connectivity index (χ0n) is 14.8. The first kappa shape index (κ1) is 19.1. The number of carbonyl (C=O) groups excluding carboxylic acids is 2. The van der Waals surface area contributed by atoms with Gasteiger partial charge in [-0.3, -0.25) is 9.59 Å². The highest BCUT2D eigenvalue weighted by molar-refractivity contribution is 5.95. The second kappa shape index (κ2) is 8.34. The van der Waals surface area contributed by atoms with Gasteiger partial charge in [-0.05, 0) is 42.5 Å². The van der Waals surface area contributed by atoms with Gasteiger partial charge in [0.2, 0.25) is 5.91 Å². The number of amides is 2. The van der Waals surface area contributed by atoms with Crippen LogP contribution in [-0.4, -0.2) is 25.0 Å². The number of benzene rings is 2. The SMILES string of the molecule is NC(=O)CCN(C(=O)COc1ccc2ccc(=O)oc2c1)c1ccc(F)cc1. The van der Waals surface area contributed by atoms with Gasteiger partial charge in [0.1, 0.15) is 17.1 Å². The normalized spacial score (nSPS) is 10.6. The van der Waals surface area contributed by atoms with Gasteiger partial charge in [0.05, 0.1) is 0 Å². The maximum atomic E-state index is 13.2. The first-order valence-electron chi connectivity index (χ1n) is 8.43. The lowest BCUT2D eigenvalue weighted by molar-refractivity contribution is -0.120. The number of rotatable bonds is 7. The third-order valence-corrected chi connectivity index (χ3v) is 3.98. The fraction of sp³-hybridized carbons (Fsp3) is 0.150. The first-order valence-corrected chi connectivity index (χ1v) is 8.43. The monoisotopic (exact) mass is 384 g/mol. The maximum Gasteiger partial charge on any atom is 0.336 e. The minimum Gasteiger partial charge on any atom is -0.484 e. The molecule has 0 unspecified atom stereocenters. The van der Waals surface area contributed by atoms with Crippen molar-refractivity contribution in [3.63, 3.8) is 0 Å². The van der Waals surface area contributed by atoms with Gasteiger partial charge < -0.3 is 19.8 Å². The second-order valence-electron chi connectivity index (χ2n) is 5.98. The fourth-order valence-electron chi connectivity index (χ4n) is 2.59. The molecule has 8 heteroatoms. The van der Waals surface area contributed by atoms with Gasteiger partial charge in [-0.1, -0.05) is 0 Å². The average Bonchev–Trinajstić information content (AvgIpc) is 2.67. The predicted molar refractivity (Wildman–Crippen MR) is 101 cm³/mol. The number of primary amides is 1. The molecule has 0 aliphatic heterocycles. The van der Waals surface area contributed by atoms with Gasteiger partial charge >= 0.3 is 5.63 Å². The number of nitrogens with two attached hydrogens (primary N) is 1. The van der Waals surface area contributed by atoms with E-state index in [0.717, 1.165) is 0 Å². The second-order valence-corrected chi connectivity index (χ2v) is 5.98. The Kier molecular flexibility index (Phi) is 5.69. The molecule has 0 radical (unpaired) electrons. The van der Waals surface area contributed by atoms with E-state index in [4.69, 9.17) is 14.9 Å². The van der Waals surface area contributed by atoms with Crippen molar-refractivity contribution in [2.75, 3.05) is 18.1 Å². The number of nitrogens with zero attached hydrogens (tertiary/aromatic N) is 1. The molecule has 2 N–H and O–H groups in total. The molecule has 1 aromatic heterocycles. The van der Waals surface area contributed by atoms with Crippen LogP contribution in [0.5, 0.6) is 5.75 Å². The van der Waals surface area contributed by atoms with Gasteiger partial charge in [0.25, 0.3) is 5.91 Å². The summed E-state index contributed by atoms with van der Waals surface area (Å²) in [6.45, 7) is -0.297. The van der Waals surface area contributed by atoms with E-state index in [2.05, 4.69) is 0 Å². The van der Waals surface area contributed by atoms with Crippen LogP contribution in [0, 0.1) is 5.82 Å². The molecule has 0 saturated carbocycles. The van der Waals surface area contributed by atoms with E-state index in [-0.39, 0.29) is 19.6 Å². The highest BCUT2D eigenvalue weighted by Crippen LogP contribution is 2.20. The Bertz CT molecular complexity index is 1060. The van der Waals surface area contributed by atoms with Crippen LogP contribution in [0.25, 0.3) is 11.0 Å². The molecular formula is C20H17FN2O5. The molecule has 2 amide bonds. The van der Waals surface area contributed by atoms with Crippen molar-refractivity contribution in [2.24, 2.45) is 5.73 Å². The Morgan fingerprint density at radius 1 is 1.07 bits per heavy atom. The summed E-state index contributed by atoms with van der Waals surface area (Å²) in [5.41, 5.74) is 5.43. The molecular weight excluding hydrogens is 367 g/mol. The Morgan fingerprint density at radius 3 is 2.50 bits per heavy atom. The fourth-order valence-corrected chi connectivity index (χ4v) is 2.59. The molecule has 3 aromatic rings. The smallest absolute Gasteiger partial charge is 0.336 e. The van der Waals surface area contributed by atoms with Crippen molar-refractivity contribution in [1.29, 1.82) is 0 Å². The molecule has 0 fully saturated rings. The zero-order chi connectivity index (χ0) is 20.1. The van der Waals surface area contributed by atoms with E-state index in [9.17, 15) is 18.8 Å². The highest BCUT2D eigenvalue weighted by Gasteiger charge is 2.17. The summed E-state index contributed by atoms with van der Waals surface area (Å²) in [5, 5.41) is 0.715. The largest absolute Gasteiger partial charge is 0.484 e. The summed E-state index contributed by atoms with van der Waals surface area (Å²) < 4.78 is 23.7. The van der Waals surface area contributed by atoms with Crippen LogP contribution in [0.4, 0.5) is 10.1 Å². The third kappa shape index (κ3) is 4.73. The average molecular weight is 384 g/mol. The van der Waals surface area contributed by atoms with Crippen LogP contribution in [0.1, 0.15) is 6.42 Å². The molecule has 144 valence electrons. The first-order chi connectivity index (χ1) is 13.4. The third-order valence-electron chi connectivity index (χ3n) is 3.98. The molecule has 7 nitrogen and oxygen atoms in total. The highest BCUT2D eigenvalue weighted by atomic mass is 19.1. The van der Waals surface area contributed by atoms with Crippen molar-refractivity contribution in [3.8, 4) is 5.75 Å². The van der Waals surface area contributed by atoms with Crippen LogP contribution in [-0.2, 0) is 9.59 Å². The Balaban J connectivity index is 1.74. The topological polar surface area (TPSA) is 103 Å². The number of ether oxygens (including phenoxy) is 1. The van der Waals surface area contributed by atoms with E-state index in [1.165, 1.54) is 41.3 Å². The molecule has 3 rings (SSSR count). The van der Waals surface area contributed by atoms with Crippen LogP contribution in [0.2, 0.25) is 0 Å². The Hall–Kier alpha value is -3.68. The number of halogens is 1. The lowest BCUT2D eigenvalue weighted by Gasteiger charge is -2.22. The van der Waals surface area contributed by atoms with E-state index < -0.39 is 23.3 Å². The summed E-state index contributed by atoms with van der Waals surface area (Å²) in [7, 11) is 0. The van der Waals surface area contributed by atoms with Crippen molar-refractivity contribution in [3.05, 3.63) is 70.8 Å². The molecule has 0 aliphatic rings. The summed E-state index contributed by atoms with van der Waals surface area (Å²) in [6.07, 6.45) is -0.0513. The molecule has 0 atom stereocenters. The van der Waals surface area contributed by atoms with Crippen molar-refractivity contribution in [2.45, 2.75) is 6.42 Å². The van der Waals surface area contributed by atoms with Crippen molar-refractivity contribution < 1.29 is 23.1 Å². The van der Waals surface area contributed by atoms with Crippen molar-refractivity contribution in [1.82, 2.24) is 0 Å². The molecule has 0 spiro atoms. The number of anilines is 1. The number of hydrogen-bond acceptors (Lipinski definition) is 5. The van der Waals surface area contributed by atoms with Gasteiger partial charge in [-0.25, -0.2) is 9.18 Å². The maximum absolute atomic E-state index is 13.2. The van der Waals surface area contributed by atoms with Gasteiger partial charge in [0.15, 0.2) is 6.61 Å². The molecule has 0 aliphatic carbocycles. The summed E-state index contributed by atoms with van der Waals surface area (Å²) >= 11 is 0. The summed E-state index contributed by atoms with van der Waals surface area (Å²) in [6, 6.07) is 13.1. The van der Waals surface area contributed by atoms with Gasteiger partial charge in [0, 0.05) is 36.2 Å². The van der Waals surface area contributed by atoms with E-state index in [0.29, 0.717) is 22.4 Å². The number of fused-ring (bicyclic) bond motifs is 1. The Morgan fingerprint density at radius 2 is 1.79 bits per heavy atom. The minimum absolute atomic E-state index is 0.0375. The quantitative estimate of drug-likeness (QED) is 0.629.